The molecule has 0 bridgehead atoms. The summed E-state index contributed by atoms with van der Waals surface area (Å²) in [5.41, 5.74) is 0. The first-order valence-corrected chi connectivity index (χ1v) is 13.5. The van der Waals surface area contributed by atoms with Crippen LogP contribution in [0.2, 0.25) is 0 Å². The maximum absolute atomic E-state index is 13.2. The van der Waals surface area contributed by atoms with Gasteiger partial charge < -0.3 is 24.5 Å². The largest absolute Gasteiger partial charge is 0.468 e. The lowest BCUT2D eigenvalue weighted by Crippen LogP contribution is -2.54. The van der Waals surface area contributed by atoms with Crippen molar-refractivity contribution in [3.05, 3.63) is 54.5 Å². The first-order valence-electron chi connectivity index (χ1n) is 12.3. The number of benzene rings is 1. The van der Waals surface area contributed by atoms with E-state index in [1.165, 1.54) is 18.9 Å². The molecule has 36 heavy (non-hydrogen) atoms. The van der Waals surface area contributed by atoms with Crippen LogP contribution in [-0.4, -0.2) is 48.8 Å². The summed E-state index contributed by atoms with van der Waals surface area (Å²) in [6.07, 6.45) is 3.04. The number of unbranched alkanes of at least 4 members (excludes halogenated alkanes) is 1. The Kier molecular flexibility index (Phi) is 13.1. The number of methoxy groups -OCH3 is 1. The molecule has 1 heterocycles. The van der Waals surface area contributed by atoms with E-state index in [-0.39, 0.29) is 17.5 Å². The van der Waals surface area contributed by atoms with E-state index in [4.69, 9.17) is 13.9 Å². The molecular formula is C27H38N2O6S. The molecule has 0 saturated carbocycles. The molecule has 0 fully saturated rings. The van der Waals surface area contributed by atoms with Crippen LogP contribution in [0.3, 0.4) is 0 Å². The minimum atomic E-state index is -1.22. The van der Waals surface area contributed by atoms with Crippen LogP contribution in [0.25, 0.3) is 0 Å². The van der Waals surface area contributed by atoms with Gasteiger partial charge >= 0.3 is 0 Å². The summed E-state index contributed by atoms with van der Waals surface area (Å²) >= 11 is 1.45. The summed E-state index contributed by atoms with van der Waals surface area (Å²) in [6, 6.07) is 11.1. The van der Waals surface area contributed by atoms with Crippen molar-refractivity contribution in [2.75, 3.05) is 12.9 Å². The minimum absolute atomic E-state index is 0.0508. The Bertz CT molecular complexity index is 920. The van der Waals surface area contributed by atoms with Crippen molar-refractivity contribution in [2.45, 2.75) is 70.6 Å². The maximum Gasteiger partial charge on any atom is 0.290 e. The van der Waals surface area contributed by atoms with Gasteiger partial charge in [-0.05, 0) is 43.0 Å². The molecule has 0 aliphatic heterocycles. The number of carbonyl (C=O) groups is 3. The van der Waals surface area contributed by atoms with E-state index in [1.54, 1.807) is 30.5 Å². The van der Waals surface area contributed by atoms with E-state index in [0.29, 0.717) is 24.3 Å². The number of hydrogen-bond donors (Lipinski definition) is 2. The number of carbonyl (C=O) groups excluding carboxylic acids is 3. The molecule has 2 aromatic rings. The van der Waals surface area contributed by atoms with Crippen molar-refractivity contribution in [2.24, 2.45) is 5.92 Å². The van der Waals surface area contributed by atoms with Crippen LogP contribution in [0.1, 0.15) is 52.2 Å². The normalized spacial score (nSPS) is 13.6. The maximum atomic E-state index is 13.2. The van der Waals surface area contributed by atoms with E-state index in [9.17, 15) is 14.4 Å². The molecule has 0 spiro atoms. The molecule has 2 rings (SSSR count). The number of furan rings is 1. The van der Waals surface area contributed by atoms with Crippen LogP contribution in [0.5, 0.6) is 5.75 Å². The van der Waals surface area contributed by atoms with Gasteiger partial charge in [0, 0.05) is 7.11 Å². The molecule has 198 valence electrons. The highest BCUT2D eigenvalue weighted by atomic mass is 32.2. The molecule has 0 aliphatic carbocycles. The molecule has 2 N–H and O–H groups in total. The van der Waals surface area contributed by atoms with Crippen molar-refractivity contribution >= 4 is 29.4 Å². The van der Waals surface area contributed by atoms with Gasteiger partial charge in [0.15, 0.2) is 5.78 Å². The number of ether oxygens (including phenoxy) is 2. The van der Waals surface area contributed by atoms with Gasteiger partial charge in [-0.2, -0.15) is 0 Å². The van der Waals surface area contributed by atoms with E-state index in [2.05, 4.69) is 10.6 Å². The van der Waals surface area contributed by atoms with Crippen LogP contribution in [0, 0.1) is 5.92 Å². The highest BCUT2D eigenvalue weighted by Gasteiger charge is 2.30. The Morgan fingerprint density at radius 1 is 1.00 bits per heavy atom. The Hall–Kier alpha value is -2.78. The van der Waals surface area contributed by atoms with Crippen LogP contribution >= 0.6 is 11.8 Å². The molecule has 0 saturated heterocycles. The van der Waals surface area contributed by atoms with E-state index < -0.39 is 30.2 Å². The fraction of sp³-hybridized carbons (Fsp3) is 0.519. The lowest BCUT2D eigenvalue weighted by atomic mass is 10.0. The number of rotatable bonds is 17. The van der Waals surface area contributed by atoms with Gasteiger partial charge in [0.2, 0.25) is 5.91 Å². The third-order valence-corrected chi connectivity index (χ3v) is 6.35. The molecule has 0 radical (unpaired) electrons. The number of Topliss-reactive ketones (excluding diaryl/α,β-unsaturated/α-hetero) is 1. The Morgan fingerprint density at radius 2 is 1.72 bits per heavy atom. The fourth-order valence-electron chi connectivity index (χ4n) is 3.52. The summed E-state index contributed by atoms with van der Waals surface area (Å²) in [7, 11) is 1.37. The summed E-state index contributed by atoms with van der Waals surface area (Å²) in [5, 5.41) is 5.64. The predicted octanol–water partition coefficient (Wildman–Crippen LogP) is 4.34. The standard InChI is InChI=1S/C27H38N2O6S/c1-5-6-14-22(24(30)18-36-17-21-13-10-15-34-21)28-25(31)23(16-19(2)3)29-26(32)27(33-4)35-20-11-8-7-9-12-20/h7-13,15,19,22-23,27H,5-6,14,16-18H2,1-4H3,(H,28,31)(H,29,32)/t22-,23-,27?/m0/s1. The lowest BCUT2D eigenvalue weighted by molar-refractivity contribution is -0.150. The van der Waals surface area contributed by atoms with Crippen molar-refractivity contribution < 1.29 is 28.3 Å². The highest BCUT2D eigenvalue weighted by Crippen LogP contribution is 2.16. The van der Waals surface area contributed by atoms with Crippen LogP contribution in [0.15, 0.2) is 53.1 Å². The zero-order valence-electron chi connectivity index (χ0n) is 21.5. The van der Waals surface area contributed by atoms with E-state index in [0.717, 1.165) is 18.6 Å². The second-order valence-corrected chi connectivity index (χ2v) is 9.92. The second kappa shape index (κ2) is 16.1. The van der Waals surface area contributed by atoms with Gasteiger partial charge in [-0.15, -0.1) is 11.8 Å². The molecule has 8 nitrogen and oxygen atoms in total. The summed E-state index contributed by atoms with van der Waals surface area (Å²) in [4.78, 5) is 39.1. The average molecular weight is 519 g/mol. The number of ketones is 1. The monoisotopic (exact) mass is 518 g/mol. The van der Waals surface area contributed by atoms with Crippen LogP contribution < -0.4 is 15.4 Å². The van der Waals surface area contributed by atoms with Crippen molar-refractivity contribution in [3.63, 3.8) is 0 Å². The molecular weight excluding hydrogens is 480 g/mol. The van der Waals surface area contributed by atoms with Gasteiger partial charge in [-0.3, -0.25) is 14.4 Å². The predicted molar refractivity (Wildman–Crippen MR) is 141 cm³/mol. The van der Waals surface area contributed by atoms with E-state index >= 15 is 0 Å². The third-order valence-electron chi connectivity index (χ3n) is 5.37. The first kappa shape index (κ1) is 29.5. The number of amides is 2. The van der Waals surface area contributed by atoms with Gasteiger partial charge in [-0.1, -0.05) is 51.8 Å². The van der Waals surface area contributed by atoms with E-state index in [1.807, 2.05) is 39.0 Å². The molecule has 0 aliphatic rings. The summed E-state index contributed by atoms with van der Waals surface area (Å²) < 4.78 is 16.2. The van der Waals surface area contributed by atoms with Gasteiger partial charge in [0.25, 0.3) is 12.2 Å². The van der Waals surface area contributed by atoms with Gasteiger partial charge in [0.1, 0.15) is 17.6 Å². The van der Waals surface area contributed by atoms with Crippen molar-refractivity contribution in [1.29, 1.82) is 0 Å². The van der Waals surface area contributed by atoms with Crippen LogP contribution in [0.4, 0.5) is 0 Å². The average Bonchev–Trinajstić information content (AvgIpc) is 3.38. The first-order chi connectivity index (χ1) is 17.3. The molecule has 1 aromatic heterocycles. The zero-order valence-corrected chi connectivity index (χ0v) is 22.3. The Morgan fingerprint density at radius 3 is 2.33 bits per heavy atom. The third kappa shape index (κ3) is 10.5. The number of para-hydroxylation sites is 1. The highest BCUT2D eigenvalue weighted by molar-refractivity contribution is 7.99. The topological polar surface area (TPSA) is 107 Å². The Labute approximate surface area is 217 Å². The molecule has 3 atom stereocenters. The van der Waals surface area contributed by atoms with Crippen molar-refractivity contribution in [3.8, 4) is 5.75 Å². The van der Waals surface area contributed by atoms with Crippen molar-refractivity contribution in [1.82, 2.24) is 10.6 Å². The SMILES string of the molecule is CCCC[C@H](NC(=O)[C@H](CC(C)C)NC(=O)C(OC)Oc1ccccc1)C(=O)CSCc1ccco1. The van der Waals surface area contributed by atoms with Gasteiger partial charge in [-0.25, -0.2) is 0 Å². The lowest BCUT2D eigenvalue weighted by Gasteiger charge is -2.25. The van der Waals surface area contributed by atoms with Crippen LogP contribution in [-0.2, 0) is 24.9 Å². The molecule has 1 unspecified atom stereocenters. The molecule has 1 aromatic carbocycles. The van der Waals surface area contributed by atoms with Gasteiger partial charge in [0.05, 0.1) is 23.8 Å². The fourth-order valence-corrected chi connectivity index (χ4v) is 4.39. The number of thioether (sulfide) groups is 1. The number of hydrogen-bond acceptors (Lipinski definition) is 7. The molecule has 2 amide bonds. The second-order valence-electron chi connectivity index (χ2n) is 8.93. The zero-order chi connectivity index (χ0) is 26.3. The Balaban J connectivity index is 2.02. The summed E-state index contributed by atoms with van der Waals surface area (Å²) in [5.74, 6) is 1.24. The quantitative estimate of drug-likeness (QED) is 0.300. The summed E-state index contributed by atoms with van der Waals surface area (Å²) in [6.45, 7) is 5.96. The number of nitrogens with one attached hydrogen (secondary N) is 2. The molecule has 9 heteroatoms. The minimum Gasteiger partial charge on any atom is -0.468 e. The smallest absolute Gasteiger partial charge is 0.290 e.